The van der Waals surface area contributed by atoms with Crippen LogP contribution in [-0.4, -0.2) is 19.5 Å². The third-order valence-corrected chi connectivity index (χ3v) is 5.48. The van der Waals surface area contributed by atoms with Crippen molar-refractivity contribution >= 4 is 39.1 Å². The Balaban J connectivity index is 2.30. The van der Waals surface area contributed by atoms with Crippen molar-refractivity contribution in [1.29, 1.82) is 0 Å². The fourth-order valence-electron chi connectivity index (χ4n) is 1.67. The van der Waals surface area contributed by atoms with Crippen molar-refractivity contribution < 1.29 is 18.3 Å². The van der Waals surface area contributed by atoms with Crippen LogP contribution in [-0.2, 0) is 14.8 Å². The number of thiophene rings is 1. The minimum atomic E-state index is -3.60. The molecule has 0 saturated carbocycles. The number of carboxylic acid groups (broad SMARTS) is 1. The molecule has 0 aliphatic heterocycles. The number of aryl methyl sites for hydroxylation is 1. The van der Waals surface area contributed by atoms with Crippen molar-refractivity contribution in [2.45, 2.75) is 11.1 Å². The lowest BCUT2D eigenvalue weighted by atomic mass is 10.1. The predicted molar refractivity (Wildman–Crippen MR) is 83.0 cm³/mol. The van der Waals surface area contributed by atoms with Gasteiger partial charge in [-0.1, -0.05) is 12.1 Å². The number of nitrogens with one attached hydrogen (secondary N) is 1. The summed E-state index contributed by atoms with van der Waals surface area (Å²) >= 11 is 1.13. The van der Waals surface area contributed by atoms with Crippen LogP contribution in [0.4, 0.5) is 5.69 Å². The number of hydrogen-bond donors (Lipinski definition) is 2. The van der Waals surface area contributed by atoms with E-state index in [0.29, 0.717) is 11.3 Å². The van der Waals surface area contributed by atoms with Gasteiger partial charge in [-0.3, -0.25) is 4.72 Å². The van der Waals surface area contributed by atoms with Gasteiger partial charge in [0.2, 0.25) is 0 Å². The number of anilines is 1. The van der Waals surface area contributed by atoms with Gasteiger partial charge in [0.15, 0.2) is 0 Å². The lowest BCUT2D eigenvalue weighted by Gasteiger charge is -2.08. The SMILES string of the molecule is Cc1ccc(NS(=O)(=O)c2cccs2)cc1C=CC(=O)O. The van der Waals surface area contributed by atoms with Gasteiger partial charge in [-0.2, -0.15) is 0 Å². The summed E-state index contributed by atoms with van der Waals surface area (Å²) in [6.45, 7) is 1.82. The van der Waals surface area contributed by atoms with Crippen molar-refractivity contribution in [3.8, 4) is 0 Å². The highest BCUT2D eigenvalue weighted by Crippen LogP contribution is 2.22. The van der Waals surface area contributed by atoms with E-state index in [4.69, 9.17) is 5.11 Å². The number of carboxylic acids is 1. The van der Waals surface area contributed by atoms with Crippen LogP contribution in [0.2, 0.25) is 0 Å². The van der Waals surface area contributed by atoms with Crippen LogP contribution in [0.25, 0.3) is 6.08 Å². The fraction of sp³-hybridized carbons (Fsp3) is 0.0714. The maximum atomic E-state index is 12.1. The quantitative estimate of drug-likeness (QED) is 0.829. The Bertz CT molecular complexity index is 777. The van der Waals surface area contributed by atoms with E-state index in [0.717, 1.165) is 23.0 Å². The molecule has 0 bridgehead atoms. The zero-order chi connectivity index (χ0) is 15.5. The molecule has 0 atom stereocenters. The standard InChI is InChI=1S/C14H13NO4S2/c1-10-4-6-12(9-11(10)5-7-13(16)17)15-21(18,19)14-3-2-8-20-14/h2-9,15H,1H3,(H,16,17). The molecule has 0 fully saturated rings. The van der Waals surface area contributed by atoms with Crippen molar-refractivity contribution in [2.75, 3.05) is 4.72 Å². The Hall–Kier alpha value is -2.12. The van der Waals surface area contributed by atoms with Gasteiger partial charge in [-0.25, -0.2) is 13.2 Å². The molecule has 0 unspecified atom stereocenters. The Kier molecular flexibility index (Phi) is 4.44. The van der Waals surface area contributed by atoms with Crippen LogP contribution >= 0.6 is 11.3 Å². The number of hydrogen-bond acceptors (Lipinski definition) is 4. The lowest BCUT2D eigenvalue weighted by molar-refractivity contribution is -0.131. The van der Waals surface area contributed by atoms with Gasteiger partial charge in [-0.15, -0.1) is 11.3 Å². The van der Waals surface area contributed by atoms with Gasteiger partial charge in [0.05, 0.1) is 0 Å². The molecule has 0 amide bonds. The highest BCUT2D eigenvalue weighted by molar-refractivity contribution is 7.94. The molecule has 5 nitrogen and oxygen atoms in total. The van der Waals surface area contributed by atoms with Crippen LogP contribution < -0.4 is 4.72 Å². The third kappa shape index (κ3) is 3.93. The average Bonchev–Trinajstić information content (AvgIpc) is 2.93. The van der Waals surface area contributed by atoms with E-state index < -0.39 is 16.0 Å². The fourth-order valence-corrected chi connectivity index (χ4v) is 3.71. The summed E-state index contributed by atoms with van der Waals surface area (Å²) in [5.74, 6) is -1.06. The lowest BCUT2D eigenvalue weighted by Crippen LogP contribution is -2.11. The summed E-state index contributed by atoms with van der Waals surface area (Å²) in [4.78, 5) is 10.6. The molecular weight excluding hydrogens is 310 g/mol. The predicted octanol–water partition coefficient (Wildman–Crippen LogP) is 2.96. The monoisotopic (exact) mass is 323 g/mol. The summed E-state index contributed by atoms with van der Waals surface area (Å²) in [5.41, 5.74) is 1.88. The Labute approximate surface area is 126 Å². The minimum absolute atomic E-state index is 0.228. The normalized spacial score (nSPS) is 11.7. The molecule has 7 heteroatoms. The number of benzene rings is 1. The number of aliphatic carboxylic acids is 1. The van der Waals surface area contributed by atoms with Crippen LogP contribution in [0.5, 0.6) is 0 Å². The molecule has 0 aliphatic carbocycles. The van der Waals surface area contributed by atoms with E-state index in [1.54, 1.807) is 29.6 Å². The highest BCUT2D eigenvalue weighted by Gasteiger charge is 2.15. The summed E-state index contributed by atoms with van der Waals surface area (Å²) in [7, 11) is -3.60. The van der Waals surface area contributed by atoms with E-state index in [1.165, 1.54) is 12.1 Å². The Morgan fingerprint density at radius 2 is 2.10 bits per heavy atom. The van der Waals surface area contributed by atoms with Crippen LogP contribution in [0, 0.1) is 6.92 Å². The van der Waals surface area contributed by atoms with Gasteiger partial charge in [0.1, 0.15) is 4.21 Å². The van der Waals surface area contributed by atoms with E-state index >= 15 is 0 Å². The second kappa shape index (κ2) is 6.11. The first-order valence-corrected chi connectivity index (χ1v) is 8.33. The largest absolute Gasteiger partial charge is 0.478 e. The molecule has 21 heavy (non-hydrogen) atoms. The van der Waals surface area contributed by atoms with Crippen molar-refractivity contribution in [2.24, 2.45) is 0 Å². The maximum absolute atomic E-state index is 12.1. The highest BCUT2D eigenvalue weighted by atomic mass is 32.2. The molecule has 0 spiro atoms. The summed E-state index contributed by atoms with van der Waals surface area (Å²) in [5, 5.41) is 10.3. The molecule has 0 radical (unpaired) electrons. The van der Waals surface area contributed by atoms with E-state index in [2.05, 4.69) is 4.72 Å². The molecule has 1 aromatic heterocycles. The second-order valence-electron chi connectivity index (χ2n) is 4.28. The molecule has 1 aromatic carbocycles. The van der Waals surface area contributed by atoms with Crippen molar-refractivity contribution in [3.63, 3.8) is 0 Å². The van der Waals surface area contributed by atoms with Crippen LogP contribution in [0.3, 0.4) is 0 Å². The van der Waals surface area contributed by atoms with Gasteiger partial charge >= 0.3 is 5.97 Å². The second-order valence-corrected chi connectivity index (χ2v) is 7.14. The molecular formula is C14H13NO4S2. The molecule has 0 saturated heterocycles. The zero-order valence-corrected chi connectivity index (χ0v) is 12.7. The first-order valence-electron chi connectivity index (χ1n) is 5.96. The Morgan fingerprint density at radius 1 is 1.33 bits per heavy atom. The molecule has 2 rings (SSSR count). The summed E-state index contributed by atoms with van der Waals surface area (Å²) < 4.78 is 26.9. The molecule has 2 N–H and O–H groups in total. The van der Waals surface area contributed by atoms with Crippen LogP contribution in [0.15, 0.2) is 46.0 Å². The summed E-state index contributed by atoms with van der Waals surface area (Å²) in [6, 6.07) is 8.15. The van der Waals surface area contributed by atoms with Gasteiger partial charge in [-0.05, 0) is 47.7 Å². The maximum Gasteiger partial charge on any atom is 0.328 e. The topological polar surface area (TPSA) is 83.5 Å². The van der Waals surface area contributed by atoms with Gasteiger partial charge < -0.3 is 5.11 Å². The minimum Gasteiger partial charge on any atom is -0.478 e. The molecule has 110 valence electrons. The molecule has 1 heterocycles. The number of carbonyl (C=O) groups is 1. The first-order chi connectivity index (χ1) is 9.88. The number of rotatable bonds is 5. The van der Waals surface area contributed by atoms with Crippen molar-refractivity contribution in [3.05, 3.63) is 52.9 Å². The third-order valence-electron chi connectivity index (χ3n) is 2.70. The zero-order valence-electron chi connectivity index (χ0n) is 11.1. The Morgan fingerprint density at radius 3 is 2.71 bits per heavy atom. The van der Waals surface area contributed by atoms with E-state index in [1.807, 2.05) is 6.92 Å². The number of sulfonamides is 1. The first kappa shape index (κ1) is 15.3. The van der Waals surface area contributed by atoms with E-state index in [9.17, 15) is 13.2 Å². The van der Waals surface area contributed by atoms with Gasteiger partial charge in [0, 0.05) is 11.8 Å². The van der Waals surface area contributed by atoms with Gasteiger partial charge in [0.25, 0.3) is 10.0 Å². The molecule has 2 aromatic rings. The smallest absolute Gasteiger partial charge is 0.328 e. The van der Waals surface area contributed by atoms with E-state index in [-0.39, 0.29) is 4.21 Å². The van der Waals surface area contributed by atoms with Crippen molar-refractivity contribution in [1.82, 2.24) is 0 Å². The molecule has 0 aliphatic rings. The average molecular weight is 323 g/mol. The van der Waals surface area contributed by atoms with Crippen LogP contribution in [0.1, 0.15) is 11.1 Å². The summed E-state index contributed by atoms with van der Waals surface area (Å²) in [6.07, 6.45) is 2.44.